The van der Waals surface area contributed by atoms with Gasteiger partial charge in [-0.3, -0.25) is 0 Å². The van der Waals surface area contributed by atoms with Crippen molar-refractivity contribution in [1.29, 1.82) is 0 Å². The van der Waals surface area contributed by atoms with E-state index in [0.29, 0.717) is 0 Å². The highest BCUT2D eigenvalue weighted by Gasteiger charge is 2.44. The maximum atomic E-state index is 9.12. The van der Waals surface area contributed by atoms with Crippen molar-refractivity contribution < 1.29 is 30.3 Å². The molecule has 0 bridgehead atoms. The van der Waals surface area contributed by atoms with E-state index in [1.807, 2.05) is 0 Å². The SMILES string of the molecule is OC[C@H](O)[C@@H]1O[C@@H](O)C(O)C1O. The van der Waals surface area contributed by atoms with Crippen LogP contribution >= 0.6 is 0 Å². The van der Waals surface area contributed by atoms with Crippen LogP contribution in [0.1, 0.15) is 0 Å². The predicted molar refractivity (Wildman–Crippen MR) is 36.0 cm³/mol. The molecule has 0 spiro atoms. The van der Waals surface area contributed by atoms with E-state index in [1.165, 1.54) is 0 Å². The third-order valence-corrected chi connectivity index (χ3v) is 1.84. The van der Waals surface area contributed by atoms with Crippen molar-refractivity contribution in [1.82, 2.24) is 0 Å². The Morgan fingerprint density at radius 2 is 1.75 bits per heavy atom. The van der Waals surface area contributed by atoms with Crippen LogP contribution in [0, 0.1) is 0 Å². The van der Waals surface area contributed by atoms with Crippen molar-refractivity contribution in [3.05, 3.63) is 0 Å². The Morgan fingerprint density at radius 1 is 1.17 bits per heavy atom. The van der Waals surface area contributed by atoms with E-state index in [-0.39, 0.29) is 0 Å². The molecule has 12 heavy (non-hydrogen) atoms. The third-order valence-electron chi connectivity index (χ3n) is 1.84. The van der Waals surface area contributed by atoms with Crippen LogP contribution in [0.5, 0.6) is 0 Å². The van der Waals surface area contributed by atoms with Gasteiger partial charge in [-0.1, -0.05) is 0 Å². The Bertz CT molecular complexity index is 151. The van der Waals surface area contributed by atoms with E-state index in [9.17, 15) is 0 Å². The van der Waals surface area contributed by atoms with Crippen LogP contribution in [0.3, 0.4) is 0 Å². The molecule has 0 aliphatic carbocycles. The molecular weight excluding hydrogens is 168 g/mol. The van der Waals surface area contributed by atoms with Crippen LogP contribution in [0.25, 0.3) is 0 Å². The van der Waals surface area contributed by atoms with E-state index < -0.39 is 37.3 Å². The van der Waals surface area contributed by atoms with E-state index in [1.54, 1.807) is 0 Å². The van der Waals surface area contributed by atoms with Gasteiger partial charge in [0.2, 0.25) is 0 Å². The first-order valence-corrected chi connectivity index (χ1v) is 3.56. The molecule has 1 rings (SSSR count). The van der Waals surface area contributed by atoms with Gasteiger partial charge in [-0.05, 0) is 0 Å². The van der Waals surface area contributed by atoms with Gasteiger partial charge >= 0.3 is 0 Å². The van der Waals surface area contributed by atoms with Gasteiger partial charge in [0.25, 0.3) is 0 Å². The Morgan fingerprint density at radius 3 is 2.08 bits per heavy atom. The first-order valence-electron chi connectivity index (χ1n) is 3.56. The highest BCUT2D eigenvalue weighted by Crippen LogP contribution is 2.21. The summed E-state index contributed by atoms with van der Waals surface area (Å²) in [7, 11) is 0. The molecular formula is C6H12O6. The lowest BCUT2D eigenvalue weighted by Crippen LogP contribution is -2.40. The minimum absolute atomic E-state index is 0.596. The molecule has 6 nitrogen and oxygen atoms in total. The first kappa shape index (κ1) is 9.85. The molecule has 5 N–H and O–H groups in total. The van der Waals surface area contributed by atoms with Gasteiger partial charge in [0.1, 0.15) is 24.4 Å². The molecule has 1 aliphatic heterocycles. The van der Waals surface area contributed by atoms with Crippen molar-refractivity contribution in [2.24, 2.45) is 0 Å². The fraction of sp³-hybridized carbons (Fsp3) is 1.00. The smallest absolute Gasteiger partial charge is 0.184 e. The summed E-state index contributed by atoms with van der Waals surface area (Å²) >= 11 is 0. The van der Waals surface area contributed by atoms with Crippen molar-refractivity contribution in [3.8, 4) is 0 Å². The summed E-state index contributed by atoms with van der Waals surface area (Å²) in [6.45, 7) is -0.596. The molecule has 1 heterocycles. The van der Waals surface area contributed by atoms with Crippen molar-refractivity contribution in [2.75, 3.05) is 6.61 Å². The average molecular weight is 180 g/mol. The number of ether oxygens (including phenoxy) is 1. The van der Waals surface area contributed by atoms with Gasteiger partial charge in [-0.15, -0.1) is 0 Å². The Labute approximate surface area is 68.6 Å². The Kier molecular flexibility index (Phi) is 2.99. The molecule has 0 radical (unpaired) electrons. The van der Waals surface area contributed by atoms with E-state index in [2.05, 4.69) is 4.74 Å². The van der Waals surface area contributed by atoms with Gasteiger partial charge in [-0.2, -0.15) is 0 Å². The second-order valence-corrected chi connectivity index (χ2v) is 2.72. The van der Waals surface area contributed by atoms with Crippen molar-refractivity contribution in [3.63, 3.8) is 0 Å². The summed E-state index contributed by atoms with van der Waals surface area (Å²) in [5.74, 6) is 0. The second-order valence-electron chi connectivity index (χ2n) is 2.72. The second kappa shape index (κ2) is 3.65. The summed E-state index contributed by atoms with van der Waals surface area (Å²) in [6.07, 6.45) is -6.75. The van der Waals surface area contributed by atoms with Crippen LogP contribution < -0.4 is 0 Å². The minimum Gasteiger partial charge on any atom is -0.394 e. The lowest BCUT2D eigenvalue weighted by molar-refractivity contribution is -0.150. The fourth-order valence-electron chi connectivity index (χ4n) is 1.11. The van der Waals surface area contributed by atoms with Gasteiger partial charge in [0.05, 0.1) is 6.61 Å². The van der Waals surface area contributed by atoms with Gasteiger partial charge < -0.3 is 30.3 Å². The zero-order valence-corrected chi connectivity index (χ0v) is 6.24. The normalized spacial score (nSPS) is 44.8. The molecule has 6 heteroatoms. The number of aliphatic hydroxyl groups is 5. The molecule has 1 aliphatic rings. The number of rotatable bonds is 2. The maximum absolute atomic E-state index is 9.12. The van der Waals surface area contributed by atoms with E-state index in [0.717, 1.165) is 0 Å². The highest BCUT2D eigenvalue weighted by atomic mass is 16.6. The monoisotopic (exact) mass is 180 g/mol. The topological polar surface area (TPSA) is 110 Å². The molecule has 0 aromatic carbocycles. The number of hydrogen-bond acceptors (Lipinski definition) is 6. The molecule has 72 valence electrons. The lowest BCUT2D eigenvalue weighted by Gasteiger charge is -2.18. The minimum atomic E-state index is -1.51. The molecule has 1 fully saturated rings. The molecule has 0 aromatic rings. The molecule has 5 atom stereocenters. The van der Waals surface area contributed by atoms with Crippen LogP contribution in [0.4, 0.5) is 0 Å². The Balaban J connectivity index is 2.58. The van der Waals surface area contributed by atoms with Crippen LogP contribution in [-0.2, 0) is 4.74 Å². The molecule has 0 amide bonds. The lowest BCUT2D eigenvalue weighted by atomic mass is 10.1. The highest BCUT2D eigenvalue weighted by molar-refractivity contribution is 4.89. The molecule has 0 saturated carbocycles. The summed E-state index contributed by atoms with van der Waals surface area (Å²) < 4.78 is 4.58. The standard InChI is InChI=1S/C6H12O6/c7-1-2(8)5-3(9)4(10)6(11)12-5/h2-11H,1H2/t2-,3?,4?,5-,6+/m0/s1. The van der Waals surface area contributed by atoms with E-state index >= 15 is 0 Å². The van der Waals surface area contributed by atoms with Crippen molar-refractivity contribution in [2.45, 2.75) is 30.7 Å². The zero-order chi connectivity index (χ0) is 9.30. The third kappa shape index (κ3) is 1.58. The predicted octanol–water partition coefficient (Wildman–Crippen LogP) is -3.22. The van der Waals surface area contributed by atoms with Gasteiger partial charge in [-0.25, -0.2) is 0 Å². The molecule has 0 aromatic heterocycles. The molecule has 1 saturated heterocycles. The average Bonchev–Trinajstić information content (AvgIpc) is 2.32. The van der Waals surface area contributed by atoms with Crippen molar-refractivity contribution >= 4 is 0 Å². The summed E-state index contributed by atoms with van der Waals surface area (Å²) in [5, 5.41) is 44.4. The number of hydrogen-bond donors (Lipinski definition) is 5. The summed E-state index contributed by atoms with van der Waals surface area (Å²) in [4.78, 5) is 0. The van der Waals surface area contributed by atoms with Crippen LogP contribution in [0.2, 0.25) is 0 Å². The molecule has 2 unspecified atom stereocenters. The quantitative estimate of drug-likeness (QED) is 0.306. The summed E-state index contributed by atoms with van der Waals surface area (Å²) in [6, 6.07) is 0. The summed E-state index contributed by atoms with van der Waals surface area (Å²) in [5.41, 5.74) is 0. The van der Waals surface area contributed by atoms with Gasteiger partial charge in [0.15, 0.2) is 6.29 Å². The fourth-order valence-corrected chi connectivity index (χ4v) is 1.11. The Hall–Kier alpha value is -0.240. The first-order chi connectivity index (χ1) is 5.57. The zero-order valence-electron chi connectivity index (χ0n) is 6.24. The van der Waals surface area contributed by atoms with E-state index in [4.69, 9.17) is 25.5 Å². The van der Waals surface area contributed by atoms with Gasteiger partial charge in [0, 0.05) is 0 Å². The van der Waals surface area contributed by atoms with Crippen LogP contribution in [0.15, 0.2) is 0 Å². The largest absolute Gasteiger partial charge is 0.394 e. The maximum Gasteiger partial charge on any atom is 0.184 e. The van der Waals surface area contributed by atoms with Crippen LogP contribution in [-0.4, -0.2) is 62.8 Å². The number of aliphatic hydroxyl groups excluding tert-OH is 5.